The molecule has 1 rings (SSSR count). The second-order valence-corrected chi connectivity index (χ2v) is 4.20. The van der Waals surface area contributed by atoms with E-state index in [0.29, 0.717) is 29.9 Å². The van der Waals surface area contributed by atoms with Gasteiger partial charge < -0.3 is 21.5 Å². The Morgan fingerprint density at radius 1 is 1.53 bits per heavy atom. The van der Waals surface area contributed by atoms with Crippen molar-refractivity contribution in [1.82, 2.24) is 0 Å². The minimum Gasteiger partial charge on any atom is -0.399 e. The summed E-state index contributed by atoms with van der Waals surface area (Å²) < 4.78 is 0. The number of rotatable bonds is 5. The van der Waals surface area contributed by atoms with Crippen molar-refractivity contribution in [3.8, 4) is 0 Å². The molecule has 0 aliphatic rings. The minimum absolute atomic E-state index is 0.379. The van der Waals surface area contributed by atoms with E-state index in [9.17, 15) is 9.90 Å². The first kappa shape index (κ1) is 13.3. The molecule has 1 atom stereocenters. The van der Waals surface area contributed by atoms with Gasteiger partial charge in [-0.25, -0.2) is 0 Å². The molecule has 0 bridgehead atoms. The average Bonchev–Trinajstić information content (AvgIpc) is 2.25. The van der Waals surface area contributed by atoms with Crippen LogP contribution in [0.5, 0.6) is 0 Å². The lowest BCUT2D eigenvalue weighted by Gasteiger charge is -2.22. The molecule has 1 amide bonds. The molecule has 1 aromatic carbocycles. The quantitative estimate of drug-likeness (QED) is 0.653. The number of amides is 1. The summed E-state index contributed by atoms with van der Waals surface area (Å²) in [5.74, 6) is -0.483. The zero-order valence-corrected chi connectivity index (χ0v) is 10.2. The Labute approximate surface area is 101 Å². The van der Waals surface area contributed by atoms with Crippen LogP contribution in [0.25, 0.3) is 0 Å². The molecular weight excluding hydrogens is 218 g/mol. The molecule has 0 aliphatic carbocycles. The number of aliphatic hydroxyl groups is 1. The number of primary amides is 1. The van der Waals surface area contributed by atoms with E-state index in [0.717, 1.165) is 0 Å². The fourth-order valence-electron chi connectivity index (χ4n) is 1.57. The zero-order valence-electron chi connectivity index (χ0n) is 10.2. The maximum Gasteiger partial charge on any atom is 0.250 e. The van der Waals surface area contributed by atoms with Crippen molar-refractivity contribution in [3.63, 3.8) is 0 Å². The number of anilines is 2. The van der Waals surface area contributed by atoms with Gasteiger partial charge in [-0.1, -0.05) is 0 Å². The Morgan fingerprint density at radius 3 is 2.71 bits per heavy atom. The van der Waals surface area contributed by atoms with Gasteiger partial charge in [0.25, 0.3) is 5.91 Å². The summed E-state index contributed by atoms with van der Waals surface area (Å²) in [6.45, 7) is 2.35. The van der Waals surface area contributed by atoms with Gasteiger partial charge in [-0.3, -0.25) is 4.79 Å². The minimum atomic E-state index is -0.483. The Bertz CT molecular complexity index is 405. The summed E-state index contributed by atoms with van der Waals surface area (Å²) in [4.78, 5) is 13.1. The molecule has 17 heavy (non-hydrogen) atoms. The molecule has 0 fully saturated rings. The Morgan fingerprint density at radius 2 is 2.18 bits per heavy atom. The summed E-state index contributed by atoms with van der Waals surface area (Å²) in [6, 6.07) is 4.97. The van der Waals surface area contributed by atoms with E-state index < -0.39 is 5.91 Å². The number of carbonyl (C=O) groups excluding carboxylic acids is 1. The average molecular weight is 237 g/mol. The van der Waals surface area contributed by atoms with Crippen LogP contribution in [0.3, 0.4) is 0 Å². The number of benzene rings is 1. The van der Waals surface area contributed by atoms with E-state index in [2.05, 4.69) is 0 Å². The van der Waals surface area contributed by atoms with Gasteiger partial charge in [0.05, 0.1) is 17.4 Å². The Kier molecular flexibility index (Phi) is 4.34. The van der Waals surface area contributed by atoms with Crippen molar-refractivity contribution >= 4 is 17.3 Å². The normalized spacial score (nSPS) is 12.2. The highest BCUT2D eigenvalue weighted by molar-refractivity contribution is 5.99. The lowest BCUT2D eigenvalue weighted by Crippen LogP contribution is -2.25. The number of nitrogens with zero attached hydrogens (tertiary/aromatic N) is 1. The van der Waals surface area contributed by atoms with Gasteiger partial charge in [0.2, 0.25) is 0 Å². The van der Waals surface area contributed by atoms with Crippen LogP contribution in [0.2, 0.25) is 0 Å². The highest BCUT2D eigenvalue weighted by Gasteiger charge is 2.12. The number of nitrogen functional groups attached to an aromatic ring is 1. The molecular formula is C12H19N3O2. The van der Waals surface area contributed by atoms with Gasteiger partial charge in [-0.15, -0.1) is 0 Å². The largest absolute Gasteiger partial charge is 0.399 e. The molecule has 0 heterocycles. The molecule has 5 nitrogen and oxygen atoms in total. The molecule has 94 valence electrons. The SMILES string of the molecule is CC(O)CCN(C)c1cc(N)ccc1C(N)=O. The molecule has 0 aliphatic heterocycles. The maximum atomic E-state index is 11.3. The first-order valence-electron chi connectivity index (χ1n) is 5.50. The Hall–Kier alpha value is -1.75. The first-order chi connectivity index (χ1) is 7.91. The van der Waals surface area contributed by atoms with Crippen LogP contribution in [0, 0.1) is 0 Å². The number of hydrogen-bond donors (Lipinski definition) is 3. The number of nitrogens with two attached hydrogens (primary N) is 2. The molecule has 0 saturated carbocycles. The molecule has 0 radical (unpaired) electrons. The second kappa shape index (κ2) is 5.54. The van der Waals surface area contributed by atoms with Crippen LogP contribution in [0.1, 0.15) is 23.7 Å². The number of hydrogen-bond acceptors (Lipinski definition) is 4. The summed E-state index contributed by atoms with van der Waals surface area (Å²) in [7, 11) is 1.84. The summed E-state index contributed by atoms with van der Waals surface area (Å²) in [5, 5.41) is 9.24. The van der Waals surface area contributed by atoms with Gasteiger partial charge in [-0.2, -0.15) is 0 Å². The lowest BCUT2D eigenvalue weighted by molar-refractivity contribution is 0.100. The molecule has 0 saturated heterocycles. The third-order valence-corrected chi connectivity index (χ3v) is 2.58. The van der Waals surface area contributed by atoms with Gasteiger partial charge in [0.15, 0.2) is 0 Å². The van der Waals surface area contributed by atoms with Gasteiger partial charge in [0, 0.05) is 19.3 Å². The van der Waals surface area contributed by atoms with Gasteiger partial charge >= 0.3 is 0 Å². The van der Waals surface area contributed by atoms with E-state index in [1.54, 1.807) is 25.1 Å². The van der Waals surface area contributed by atoms with Crippen molar-refractivity contribution in [3.05, 3.63) is 23.8 Å². The van der Waals surface area contributed by atoms with E-state index in [1.165, 1.54) is 0 Å². The van der Waals surface area contributed by atoms with Crippen molar-refractivity contribution in [1.29, 1.82) is 0 Å². The van der Waals surface area contributed by atoms with Crippen molar-refractivity contribution in [2.75, 3.05) is 24.2 Å². The van der Waals surface area contributed by atoms with Crippen LogP contribution in [0.4, 0.5) is 11.4 Å². The van der Waals surface area contributed by atoms with E-state index in [1.807, 2.05) is 11.9 Å². The monoisotopic (exact) mass is 237 g/mol. The highest BCUT2D eigenvalue weighted by Crippen LogP contribution is 2.22. The standard InChI is InChI=1S/C12H19N3O2/c1-8(16)5-6-15(2)11-7-9(13)3-4-10(11)12(14)17/h3-4,7-8,16H,5-6,13H2,1-2H3,(H2,14,17). The summed E-state index contributed by atoms with van der Waals surface area (Å²) in [5.41, 5.74) is 12.7. The van der Waals surface area contributed by atoms with Crippen LogP contribution < -0.4 is 16.4 Å². The van der Waals surface area contributed by atoms with Crippen LogP contribution in [-0.4, -0.2) is 30.7 Å². The van der Waals surface area contributed by atoms with Crippen LogP contribution >= 0.6 is 0 Å². The highest BCUT2D eigenvalue weighted by atomic mass is 16.3. The first-order valence-corrected chi connectivity index (χ1v) is 5.50. The summed E-state index contributed by atoms with van der Waals surface area (Å²) >= 11 is 0. The fourth-order valence-corrected chi connectivity index (χ4v) is 1.57. The molecule has 1 aromatic rings. The van der Waals surface area contributed by atoms with Crippen molar-refractivity contribution in [2.45, 2.75) is 19.4 Å². The molecule has 0 aromatic heterocycles. The van der Waals surface area contributed by atoms with Crippen molar-refractivity contribution < 1.29 is 9.90 Å². The predicted octanol–water partition coefficient (Wildman–Crippen LogP) is 0.575. The molecule has 5 N–H and O–H groups in total. The third kappa shape index (κ3) is 3.64. The van der Waals surface area contributed by atoms with Crippen molar-refractivity contribution in [2.24, 2.45) is 5.73 Å². The number of aliphatic hydroxyl groups excluding tert-OH is 1. The predicted molar refractivity (Wildman–Crippen MR) is 68.9 cm³/mol. The smallest absolute Gasteiger partial charge is 0.250 e. The van der Waals surface area contributed by atoms with Crippen LogP contribution in [-0.2, 0) is 0 Å². The van der Waals surface area contributed by atoms with E-state index in [4.69, 9.17) is 11.5 Å². The molecule has 0 spiro atoms. The molecule has 5 heteroatoms. The zero-order chi connectivity index (χ0) is 13.0. The van der Waals surface area contributed by atoms with Gasteiger partial charge in [0.1, 0.15) is 0 Å². The summed E-state index contributed by atoms with van der Waals surface area (Å²) in [6.07, 6.45) is 0.235. The molecule has 1 unspecified atom stereocenters. The topological polar surface area (TPSA) is 92.6 Å². The second-order valence-electron chi connectivity index (χ2n) is 4.20. The number of carbonyl (C=O) groups is 1. The van der Waals surface area contributed by atoms with Crippen LogP contribution in [0.15, 0.2) is 18.2 Å². The van der Waals surface area contributed by atoms with Gasteiger partial charge in [-0.05, 0) is 31.5 Å². The lowest BCUT2D eigenvalue weighted by atomic mass is 10.1. The third-order valence-electron chi connectivity index (χ3n) is 2.58. The Balaban J connectivity index is 2.94. The van der Waals surface area contributed by atoms with E-state index >= 15 is 0 Å². The fraction of sp³-hybridized carbons (Fsp3) is 0.417. The maximum absolute atomic E-state index is 11.3. The van der Waals surface area contributed by atoms with E-state index in [-0.39, 0.29) is 6.10 Å².